The zero-order chi connectivity index (χ0) is 14.8. The fourth-order valence-corrected chi connectivity index (χ4v) is 2.91. The molecule has 112 valence electrons. The van der Waals surface area contributed by atoms with E-state index in [0.717, 1.165) is 19.4 Å². The van der Waals surface area contributed by atoms with Gasteiger partial charge < -0.3 is 15.4 Å². The van der Waals surface area contributed by atoms with Crippen LogP contribution in [0.1, 0.15) is 54.4 Å². The molecule has 1 heterocycles. The van der Waals surface area contributed by atoms with Crippen LogP contribution >= 0.6 is 0 Å². The number of hydrogen-bond donors (Lipinski definition) is 1. The summed E-state index contributed by atoms with van der Waals surface area (Å²) in [6, 6.07) is 0. The van der Waals surface area contributed by atoms with Crippen LogP contribution in [-0.4, -0.2) is 35.2 Å². The van der Waals surface area contributed by atoms with E-state index in [9.17, 15) is 4.79 Å². The fourth-order valence-electron chi connectivity index (χ4n) is 2.91. The molecule has 19 heavy (non-hydrogen) atoms. The zero-order valence-electron chi connectivity index (χ0n) is 13.3. The SMILES string of the molecule is CC(C)CC1CN(C(=O)OC(C)(C)C)C(C)(CN)C1. The Kier molecular flexibility index (Phi) is 4.88. The van der Waals surface area contributed by atoms with Crippen molar-refractivity contribution in [2.75, 3.05) is 13.1 Å². The molecule has 1 aliphatic heterocycles. The van der Waals surface area contributed by atoms with Crippen LogP contribution in [0.2, 0.25) is 0 Å². The third-order valence-electron chi connectivity index (χ3n) is 3.68. The van der Waals surface area contributed by atoms with Crippen LogP contribution in [0, 0.1) is 11.8 Å². The van der Waals surface area contributed by atoms with Crippen LogP contribution < -0.4 is 5.73 Å². The van der Waals surface area contributed by atoms with Crippen molar-refractivity contribution < 1.29 is 9.53 Å². The van der Waals surface area contributed by atoms with E-state index in [-0.39, 0.29) is 11.6 Å². The van der Waals surface area contributed by atoms with Crippen molar-refractivity contribution >= 4 is 6.09 Å². The van der Waals surface area contributed by atoms with Crippen LogP contribution in [-0.2, 0) is 4.74 Å². The second-order valence-electron chi connectivity index (χ2n) is 7.49. The third-order valence-corrected chi connectivity index (χ3v) is 3.68. The molecule has 1 amide bonds. The molecule has 0 radical (unpaired) electrons. The molecule has 1 saturated heterocycles. The van der Waals surface area contributed by atoms with Gasteiger partial charge in [0.05, 0.1) is 5.54 Å². The lowest BCUT2D eigenvalue weighted by Gasteiger charge is -2.35. The van der Waals surface area contributed by atoms with Crippen LogP contribution in [0.15, 0.2) is 0 Å². The van der Waals surface area contributed by atoms with Gasteiger partial charge in [0.15, 0.2) is 0 Å². The second kappa shape index (κ2) is 5.70. The highest BCUT2D eigenvalue weighted by molar-refractivity contribution is 5.69. The molecular formula is C15H30N2O2. The molecular weight excluding hydrogens is 240 g/mol. The van der Waals surface area contributed by atoms with Gasteiger partial charge in [-0.15, -0.1) is 0 Å². The number of nitrogens with two attached hydrogens (primary N) is 1. The summed E-state index contributed by atoms with van der Waals surface area (Å²) in [6.07, 6.45) is 1.88. The van der Waals surface area contributed by atoms with Crippen molar-refractivity contribution in [1.82, 2.24) is 4.90 Å². The number of carbonyl (C=O) groups excluding carboxylic acids is 1. The van der Waals surface area contributed by atoms with Crippen LogP contribution in [0.3, 0.4) is 0 Å². The molecule has 0 spiro atoms. The standard InChI is InChI=1S/C15H30N2O2/c1-11(2)7-12-8-15(6,10-16)17(9-12)13(18)19-14(3,4)5/h11-12H,7-10,16H2,1-6H3. The van der Waals surface area contributed by atoms with Crippen molar-refractivity contribution in [1.29, 1.82) is 0 Å². The smallest absolute Gasteiger partial charge is 0.410 e. The molecule has 0 aromatic rings. The quantitative estimate of drug-likeness (QED) is 0.857. The van der Waals surface area contributed by atoms with E-state index in [1.807, 2.05) is 25.7 Å². The molecule has 2 N–H and O–H groups in total. The first-order chi connectivity index (χ1) is 8.57. The molecule has 1 aliphatic rings. The highest BCUT2D eigenvalue weighted by Gasteiger charge is 2.45. The summed E-state index contributed by atoms with van der Waals surface area (Å²) in [4.78, 5) is 14.2. The minimum Gasteiger partial charge on any atom is -0.444 e. The van der Waals surface area contributed by atoms with E-state index >= 15 is 0 Å². The Morgan fingerprint density at radius 1 is 1.47 bits per heavy atom. The molecule has 0 bridgehead atoms. The van der Waals surface area contributed by atoms with E-state index in [1.54, 1.807) is 0 Å². The Morgan fingerprint density at radius 3 is 2.47 bits per heavy atom. The average Bonchev–Trinajstić information content (AvgIpc) is 2.53. The number of hydrogen-bond acceptors (Lipinski definition) is 3. The third kappa shape index (κ3) is 4.37. The Labute approximate surface area is 117 Å². The van der Waals surface area contributed by atoms with Gasteiger partial charge in [-0.05, 0) is 52.4 Å². The van der Waals surface area contributed by atoms with Gasteiger partial charge in [-0.1, -0.05) is 13.8 Å². The minimum absolute atomic E-state index is 0.230. The van der Waals surface area contributed by atoms with Gasteiger partial charge in [-0.2, -0.15) is 0 Å². The van der Waals surface area contributed by atoms with Crippen molar-refractivity contribution in [3.63, 3.8) is 0 Å². The van der Waals surface area contributed by atoms with E-state index in [0.29, 0.717) is 18.4 Å². The van der Waals surface area contributed by atoms with Gasteiger partial charge in [0.25, 0.3) is 0 Å². The number of rotatable bonds is 3. The normalized spacial score (nSPS) is 28.0. The Bertz CT molecular complexity index is 323. The maximum absolute atomic E-state index is 12.3. The maximum atomic E-state index is 12.3. The molecule has 4 heteroatoms. The zero-order valence-corrected chi connectivity index (χ0v) is 13.3. The minimum atomic E-state index is -0.456. The van der Waals surface area contributed by atoms with E-state index in [4.69, 9.17) is 10.5 Å². The van der Waals surface area contributed by atoms with Crippen molar-refractivity contribution in [2.24, 2.45) is 17.6 Å². The molecule has 0 saturated carbocycles. The molecule has 2 atom stereocenters. The second-order valence-corrected chi connectivity index (χ2v) is 7.49. The predicted octanol–water partition coefficient (Wildman–Crippen LogP) is 3.01. The highest BCUT2D eigenvalue weighted by Crippen LogP contribution is 2.36. The monoisotopic (exact) mass is 270 g/mol. The summed E-state index contributed by atoms with van der Waals surface area (Å²) >= 11 is 0. The number of nitrogens with zero attached hydrogens (tertiary/aromatic N) is 1. The Balaban J connectivity index is 2.77. The molecule has 0 aromatic carbocycles. The number of ether oxygens (including phenoxy) is 1. The molecule has 0 aromatic heterocycles. The van der Waals surface area contributed by atoms with Crippen molar-refractivity contribution in [3.8, 4) is 0 Å². The van der Waals surface area contributed by atoms with E-state index < -0.39 is 5.60 Å². The lowest BCUT2D eigenvalue weighted by Crippen LogP contribution is -2.51. The molecule has 1 rings (SSSR count). The summed E-state index contributed by atoms with van der Waals surface area (Å²) in [5, 5.41) is 0. The summed E-state index contributed by atoms with van der Waals surface area (Å²) in [7, 11) is 0. The molecule has 4 nitrogen and oxygen atoms in total. The number of amides is 1. The summed E-state index contributed by atoms with van der Waals surface area (Å²) in [6.45, 7) is 13.4. The molecule has 0 aliphatic carbocycles. The first-order valence-corrected chi connectivity index (χ1v) is 7.28. The Hall–Kier alpha value is -0.770. The first-order valence-electron chi connectivity index (χ1n) is 7.28. The van der Waals surface area contributed by atoms with Crippen LogP contribution in [0.25, 0.3) is 0 Å². The summed E-state index contributed by atoms with van der Waals surface area (Å²) in [5.41, 5.74) is 5.19. The van der Waals surface area contributed by atoms with Crippen LogP contribution in [0.4, 0.5) is 4.79 Å². The number of carbonyl (C=O) groups is 1. The fraction of sp³-hybridized carbons (Fsp3) is 0.933. The Morgan fingerprint density at radius 2 is 2.05 bits per heavy atom. The predicted molar refractivity (Wildman–Crippen MR) is 78.0 cm³/mol. The van der Waals surface area contributed by atoms with Crippen LogP contribution in [0.5, 0.6) is 0 Å². The van der Waals surface area contributed by atoms with E-state index in [2.05, 4.69) is 20.8 Å². The van der Waals surface area contributed by atoms with Crippen molar-refractivity contribution in [2.45, 2.75) is 65.5 Å². The highest BCUT2D eigenvalue weighted by atomic mass is 16.6. The van der Waals surface area contributed by atoms with Gasteiger partial charge >= 0.3 is 6.09 Å². The lowest BCUT2D eigenvalue weighted by atomic mass is 9.89. The van der Waals surface area contributed by atoms with Gasteiger partial charge in [0.1, 0.15) is 5.60 Å². The maximum Gasteiger partial charge on any atom is 0.410 e. The molecule has 2 unspecified atom stereocenters. The van der Waals surface area contributed by atoms with Gasteiger partial charge in [0.2, 0.25) is 0 Å². The van der Waals surface area contributed by atoms with Gasteiger partial charge in [-0.3, -0.25) is 0 Å². The first kappa shape index (κ1) is 16.3. The average molecular weight is 270 g/mol. The van der Waals surface area contributed by atoms with Crippen molar-refractivity contribution in [3.05, 3.63) is 0 Å². The van der Waals surface area contributed by atoms with E-state index in [1.165, 1.54) is 0 Å². The topological polar surface area (TPSA) is 55.6 Å². The number of likely N-dealkylation sites (tertiary alicyclic amines) is 1. The summed E-state index contributed by atoms with van der Waals surface area (Å²) in [5.74, 6) is 1.17. The largest absolute Gasteiger partial charge is 0.444 e. The lowest BCUT2D eigenvalue weighted by molar-refractivity contribution is 0.0116. The van der Waals surface area contributed by atoms with Gasteiger partial charge in [0, 0.05) is 13.1 Å². The summed E-state index contributed by atoms with van der Waals surface area (Å²) < 4.78 is 5.50. The van der Waals surface area contributed by atoms with Gasteiger partial charge in [-0.25, -0.2) is 4.79 Å². The molecule has 1 fully saturated rings.